The Morgan fingerprint density at radius 3 is 1.67 bits per heavy atom. The normalized spacial score (nSPS) is 8.58. The predicted molar refractivity (Wildman–Crippen MR) is 56.7 cm³/mol. The monoisotopic (exact) mass is 184 g/mol. The Morgan fingerprint density at radius 2 is 1.50 bits per heavy atom. The SMILES string of the molecule is CCCCC.Clc1ccccc1. The van der Waals surface area contributed by atoms with Crippen LogP contribution < -0.4 is 0 Å². The van der Waals surface area contributed by atoms with Gasteiger partial charge in [0.1, 0.15) is 0 Å². The van der Waals surface area contributed by atoms with Crippen LogP contribution in [-0.4, -0.2) is 0 Å². The third-order valence-corrected chi connectivity index (χ3v) is 1.69. The maximum atomic E-state index is 5.54. The summed E-state index contributed by atoms with van der Waals surface area (Å²) in [7, 11) is 0. The molecule has 0 fully saturated rings. The fraction of sp³-hybridized carbons (Fsp3) is 0.455. The summed E-state index contributed by atoms with van der Waals surface area (Å²) in [5, 5.41) is 0.794. The highest BCUT2D eigenvalue weighted by Gasteiger charge is 1.74. The van der Waals surface area contributed by atoms with E-state index in [1.54, 1.807) is 0 Å². The van der Waals surface area contributed by atoms with E-state index in [9.17, 15) is 0 Å². The molecule has 0 saturated carbocycles. The first kappa shape index (κ1) is 11.5. The van der Waals surface area contributed by atoms with Crippen molar-refractivity contribution in [1.82, 2.24) is 0 Å². The van der Waals surface area contributed by atoms with Crippen molar-refractivity contribution in [2.24, 2.45) is 0 Å². The molecule has 68 valence electrons. The number of halogens is 1. The summed E-state index contributed by atoms with van der Waals surface area (Å²) >= 11 is 5.54. The molecule has 0 aliphatic carbocycles. The van der Waals surface area contributed by atoms with Gasteiger partial charge >= 0.3 is 0 Å². The Morgan fingerprint density at radius 1 is 1.00 bits per heavy atom. The van der Waals surface area contributed by atoms with Crippen molar-refractivity contribution in [3.8, 4) is 0 Å². The van der Waals surface area contributed by atoms with Crippen LogP contribution in [0.2, 0.25) is 5.02 Å². The van der Waals surface area contributed by atoms with Crippen LogP contribution in [0.25, 0.3) is 0 Å². The average Bonchev–Trinajstić information content (AvgIpc) is 2.08. The minimum Gasteiger partial charge on any atom is -0.0843 e. The fourth-order valence-electron chi connectivity index (χ4n) is 0.768. The predicted octanol–water partition coefficient (Wildman–Crippen LogP) is 4.54. The minimum atomic E-state index is 0.794. The van der Waals surface area contributed by atoms with E-state index in [0.29, 0.717) is 0 Å². The van der Waals surface area contributed by atoms with Crippen molar-refractivity contribution in [3.63, 3.8) is 0 Å². The summed E-state index contributed by atoms with van der Waals surface area (Å²) in [6.07, 6.45) is 4.08. The highest BCUT2D eigenvalue weighted by Crippen LogP contribution is 2.03. The first-order valence-corrected chi connectivity index (χ1v) is 4.89. The van der Waals surface area contributed by atoms with Gasteiger partial charge in [0.15, 0.2) is 0 Å². The molecule has 0 amide bonds. The zero-order valence-electron chi connectivity index (χ0n) is 7.89. The Balaban J connectivity index is 0.000000217. The Hall–Kier alpha value is -0.490. The van der Waals surface area contributed by atoms with Crippen molar-refractivity contribution in [2.75, 3.05) is 0 Å². The van der Waals surface area contributed by atoms with Crippen LogP contribution in [0.1, 0.15) is 33.1 Å². The molecule has 1 rings (SSSR count). The Labute approximate surface area is 80.6 Å². The summed E-state index contributed by atoms with van der Waals surface area (Å²) in [5.74, 6) is 0. The second-order valence-electron chi connectivity index (χ2n) is 2.65. The van der Waals surface area contributed by atoms with Gasteiger partial charge in [-0.3, -0.25) is 0 Å². The van der Waals surface area contributed by atoms with Gasteiger partial charge < -0.3 is 0 Å². The van der Waals surface area contributed by atoms with Gasteiger partial charge in [-0.05, 0) is 12.1 Å². The molecule has 1 aromatic carbocycles. The number of hydrogen-bond acceptors (Lipinski definition) is 0. The van der Waals surface area contributed by atoms with E-state index in [2.05, 4.69) is 13.8 Å². The number of benzene rings is 1. The molecular weight excluding hydrogens is 168 g/mol. The molecular formula is C11H17Cl. The zero-order valence-corrected chi connectivity index (χ0v) is 8.64. The molecule has 0 radical (unpaired) electrons. The Bertz CT molecular complexity index is 168. The first-order valence-electron chi connectivity index (χ1n) is 4.51. The van der Waals surface area contributed by atoms with E-state index in [-0.39, 0.29) is 0 Å². The van der Waals surface area contributed by atoms with Gasteiger partial charge in [-0.2, -0.15) is 0 Å². The lowest BCUT2D eigenvalue weighted by atomic mass is 10.3. The van der Waals surface area contributed by atoms with Crippen LogP contribution >= 0.6 is 11.6 Å². The van der Waals surface area contributed by atoms with Gasteiger partial charge in [-0.15, -0.1) is 0 Å². The van der Waals surface area contributed by atoms with Crippen LogP contribution in [0.5, 0.6) is 0 Å². The third-order valence-electron chi connectivity index (χ3n) is 1.44. The lowest BCUT2D eigenvalue weighted by Crippen LogP contribution is -1.59. The topological polar surface area (TPSA) is 0 Å². The molecule has 0 saturated heterocycles. The minimum absolute atomic E-state index is 0.794. The first-order chi connectivity index (χ1) is 5.81. The molecule has 0 spiro atoms. The zero-order chi connectivity index (χ0) is 9.23. The maximum absolute atomic E-state index is 5.54. The molecule has 0 aromatic heterocycles. The number of rotatable bonds is 2. The van der Waals surface area contributed by atoms with Crippen LogP contribution in [-0.2, 0) is 0 Å². The molecule has 0 unspecified atom stereocenters. The van der Waals surface area contributed by atoms with Crippen LogP contribution in [0.3, 0.4) is 0 Å². The molecule has 0 heterocycles. The van der Waals surface area contributed by atoms with Crippen molar-refractivity contribution < 1.29 is 0 Å². The Kier molecular flexibility index (Phi) is 8.25. The fourth-order valence-corrected chi connectivity index (χ4v) is 0.914. The van der Waals surface area contributed by atoms with Gasteiger partial charge in [0.25, 0.3) is 0 Å². The molecule has 12 heavy (non-hydrogen) atoms. The van der Waals surface area contributed by atoms with Gasteiger partial charge in [-0.25, -0.2) is 0 Å². The largest absolute Gasteiger partial charge is 0.0843 e. The van der Waals surface area contributed by atoms with Gasteiger partial charge in [0, 0.05) is 5.02 Å². The maximum Gasteiger partial charge on any atom is 0.0405 e. The molecule has 1 aromatic rings. The number of unbranched alkanes of at least 4 members (excludes halogenated alkanes) is 2. The quantitative estimate of drug-likeness (QED) is 0.633. The highest BCUT2D eigenvalue weighted by atomic mass is 35.5. The standard InChI is InChI=1S/C6H5Cl.C5H12/c7-6-4-2-1-3-5-6;1-3-5-4-2/h1-5H;3-5H2,1-2H3. The summed E-state index contributed by atoms with van der Waals surface area (Å²) in [6.45, 7) is 4.42. The van der Waals surface area contributed by atoms with Crippen molar-refractivity contribution >= 4 is 11.6 Å². The molecule has 0 nitrogen and oxygen atoms in total. The van der Waals surface area contributed by atoms with E-state index < -0.39 is 0 Å². The van der Waals surface area contributed by atoms with E-state index >= 15 is 0 Å². The second-order valence-corrected chi connectivity index (χ2v) is 3.09. The lowest BCUT2D eigenvalue weighted by molar-refractivity contribution is 0.772. The average molecular weight is 185 g/mol. The summed E-state index contributed by atoms with van der Waals surface area (Å²) in [6, 6.07) is 9.44. The molecule has 0 aliphatic rings. The van der Waals surface area contributed by atoms with Crippen molar-refractivity contribution in [2.45, 2.75) is 33.1 Å². The summed E-state index contributed by atoms with van der Waals surface area (Å²) in [5.41, 5.74) is 0. The van der Waals surface area contributed by atoms with Crippen LogP contribution in [0.15, 0.2) is 30.3 Å². The van der Waals surface area contributed by atoms with Gasteiger partial charge in [0.2, 0.25) is 0 Å². The van der Waals surface area contributed by atoms with Crippen LogP contribution in [0, 0.1) is 0 Å². The summed E-state index contributed by atoms with van der Waals surface area (Å²) in [4.78, 5) is 0. The van der Waals surface area contributed by atoms with Crippen molar-refractivity contribution in [3.05, 3.63) is 35.4 Å². The van der Waals surface area contributed by atoms with E-state index in [4.69, 9.17) is 11.6 Å². The smallest absolute Gasteiger partial charge is 0.0405 e. The van der Waals surface area contributed by atoms with Gasteiger partial charge in [-0.1, -0.05) is 62.9 Å². The lowest BCUT2D eigenvalue weighted by Gasteiger charge is -1.80. The van der Waals surface area contributed by atoms with Crippen LogP contribution in [0.4, 0.5) is 0 Å². The second kappa shape index (κ2) is 8.61. The molecule has 0 aliphatic heterocycles. The molecule has 0 atom stereocenters. The van der Waals surface area contributed by atoms with Gasteiger partial charge in [0.05, 0.1) is 0 Å². The van der Waals surface area contributed by atoms with E-state index in [1.165, 1.54) is 19.3 Å². The van der Waals surface area contributed by atoms with E-state index in [0.717, 1.165) is 5.02 Å². The summed E-state index contributed by atoms with van der Waals surface area (Å²) < 4.78 is 0. The molecule has 0 N–H and O–H groups in total. The van der Waals surface area contributed by atoms with E-state index in [1.807, 2.05) is 30.3 Å². The molecule has 0 bridgehead atoms. The van der Waals surface area contributed by atoms with Crippen molar-refractivity contribution in [1.29, 1.82) is 0 Å². The highest BCUT2D eigenvalue weighted by molar-refractivity contribution is 6.30. The third kappa shape index (κ3) is 7.62. The number of hydrogen-bond donors (Lipinski definition) is 0. The molecule has 1 heteroatoms.